The summed E-state index contributed by atoms with van der Waals surface area (Å²) in [7, 11) is 1.79. The van der Waals surface area contributed by atoms with E-state index < -0.39 is 0 Å². The van der Waals surface area contributed by atoms with E-state index in [1.807, 2.05) is 13.8 Å². The zero-order valence-electron chi connectivity index (χ0n) is 8.16. The molecule has 0 saturated heterocycles. The van der Waals surface area contributed by atoms with E-state index >= 15 is 0 Å². The third kappa shape index (κ3) is 2.54. The molecule has 3 nitrogen and oxygen atoms in total. The lowest BCUT2D eigenvalue weighted by atomic mass is 10.2. The van der Waals surface area contributed by atoms with Crippen LogP contribution in [0.1, 0.15) is 13.8 Å². The Labute approximate surface area is 78.3 Å². The third-order valence-corrected chi connectivity index (χ3v) is 1.60. The first-order valence-electron chi connectivity index (χ1n) is 4.31. The number of ether oxygens (including phenoxy) is 1. The zero-order chi connectivity index (χ0) is 9.84. The first kappa shape index (κ1) is 9.71. The highest BCUT2D eigenvalue weighted by Gasteiger charge is 2.04. The standard InChI is InChI=1S/C10H15NO2/c1-7(2)13-10-5-4-8(12)6-9(10)11-3/h4-7,11-12H,1-3H3. The summed E-state index contributed by atoms with van der Waals surface area (Å²) in [5, 5.41) is 12.2. The van der Waals surface area contributed by atoms with Gasteiger partial charge in [0, 0.05) is 13.1 Å². The van der Waals surface area contributed by atoms with Crippen LogP contribution in [-0.2, 0) is 0 Å². The average molecular weight is 181 g/mol. The molecule has 0 bridgehead atoms. The zero-order valence-corrected chi connectivity index (χ0v) is 8.16. The summed E-state index contributed by atoms with van der Waals surface area (Å²) in [6, 6.07) is 5.00. The molecular formula is C10H15NO2. The van der Waals surface area contributed by atoms with Crippen molar-refractivity contribution in [2.75, 3.05) is 12.4 Å². The highest BCUT2D eigenvalue weighted by Crippen LogP contribution is 2.28. The molecule has 0 spiro atoms. The SMILES string of the molecule is CNc1cc(O)ccc1OC(C)C. The minimum Gasteiger partial charge on any atom is -0.508 e. The predicted molar refractivity (Wildman–Crippen MR) is 53.4 cm³/mol. The molecule has 13 heavy (non-hydrogen) atoms. The van der Waals surface area contributed by atoms with Crippen LogP contribution in [0.25, 0.3) is 0 Å². The number of nitrogens with one attached hydrogen (secondary N) is 1. The van der Waals surface area contributed by atoms with Gasteiger partial charge >= 0.3 is 0 Å². The van der Waals surface area contributed by atoms with Crippen molar-refractivity contribution in [1.82, 2.24) is 0 Å². The van der Waals surface area contributed by atoms with Crippen molar-refractivity contribution in [3.8, 4) is 11.5 Å². The van der Waals surface area contributed by atoms with E-state index in [0.29, 0.717) is 0 Å². The van der Waals surface area contributed by atoms with Gasteiger partial charge in [0.2, 0.25) is 0 Å². The monoisotopic (exact) mass is 181 g/mol. The molecule has 0 heterocycles. The van der Waals surface area contributed by atoms with E-state index in [2.05, 4.69) is 5.32 Å². The molecule has 0 aliphatic carbocycles. The molecule has 0 fully saturated rings. The van der Waals surface area contributed by atoms with Gasteiger partial charge in [-0.1, -0.05) is 0 Å². The van der Waals surface area contributed by atoms with Crippen molar-refractivity contribution >= 4 is 5.69 Å². The van der Waals surface area contributed by atoms with E-state index in [-0.39, 0.29) is 11.9 Å². The second-order valence-corrected chi connectivity index (χ2v) is 3.10. The molecule has 0 radical (unpaired) electrons. The summed E-state index contributed by atoms with van der Waals surface area (Å²) in [4.78, 5) is 0. The lowest BCUT2D eigenvalue weighted by molar-refractivity contribution is 0.243. The van der Waals surface area contributed by atoms with Crippen LogP contribution < -0.4 is 10.1 Å². The number of anilines is 1. The average Bonchev–Trinajstić information content (AvgIpc) is 2.07. The molecule has 72 valence electrons. The van der Waals surface area contributed by atoms with Gasteiger partial charge in [0.15, 0.2) is 0 Å². The van der Waals surface area contributed by atoms with E-state index in [1.165, 1.54) is 0 Å². The molecule has 1 aromatic carbocycles. The van der Waals surface area contributed by atoms with Crippen LogP contribution in [0.15, 0.2) is 18.2 Å². The molecule has 0 aliphatic heterocycles. The van der Waals surface area contributed by atoms with Gasteiger partial charge in [0.1, 0.15) is 11.5 Å². The molecule has 0 aliphatic rings. The highest BCUT2D eigenvalue weighted by molar-refractivity contribution is 5.59. The summed E-state index contributed by atoms with van der Waals surface area (Å²) in [6.07, 6.45) is 0.136. The van der Waals surface area contributed by atoms with Crippen molar-refractivity contribution in [1.29, 1.82) is 0 Å². The lowest BCUT2D eigenvalue weighted by Gasteiger charge is -2.13. The van der Waals surface area contributed by atoms with E-state index in [0.717, 1.165) is 11.4 Å². The van der Waals surface area contributed by atoms with E-state index in [9.17, 15) is 5.11 Å². The molecule has 1 rings (SSSR count). The largest absolute Gasteiger partial charge is 0.508 e. The Hall–Kier alpha value is -1.38. The van der Waals surface area contributed by atoms with Crippen LogP contribution in [0, 0.1) is 0 Å². The number of phenols is 1. The number of benzene rings is 1. The molecule has 0 amide bonds. The first-order valence-corrected chi connectivity index (χ1v) is 4.31. The van der Waals surface area contributed by atoms with E-state index in [1.54, 1.807) is 25.2 Å². The van der Waals surface area contributed by atoms with Gasteiger partial charge < -0.3 is 15.2 Å². The molecule has 2 N–H and O–H groups in total. The van der Waals surface area contributed by atoms with Gasteiger partial charge in [0.25, 0.3) is 0 Å². The third-order valence-electron chi connectivity index (χ3n) is 1.60. The number of hydrogen-bond acceptors (Lipinski definition) is 3. The molecule has 1 aromatic rings. The maximum absolute atomic E-state index is 9.21. The summed E-state index contributed by atoms with van der Waals surface area (Å²) in [6.45, 7) is 3.93. The molecule has 0 unspecified atom stereocenters. The van der Waals surface area contributed by atoms with Crippen LogP contribution in [0.5, 0.6) is 11.5 Å². The first-order chi connectivity index (χ1) is 6.13. The van der Waals surface area contributed by atoms with Gasteiger partial charge in [-0.25, -0.2) is 0 Å². The maximum atomic E-state index is 9.21. The Morgan fingerprint density at radius 2 is 2.08 bits per heavy atom. The Kier molecular flexibility index (Phi) is 3.01. The quantitative estimate of drug-likeness (QED) is 0.751. The number of phenolic OH excluding ortho intramolecular Hbond substituents is 1. The van der Waals surface area contributed by atoms with Crippen molar-refractivity contribution in [2.45, 2.75) is 20.0 Å². The second-order valence-electron chi connectivity index (χ2n) is 3.10. The minimum atomic E-state index is 0.136. The van der Waals surface area contributed by atoms with Crippen molar-refractivity contribution in [2.24, 2.45) is 0 Å². The summed E-state index contributed by atoms with van der Waals surface area (Å²) in [5.74, 6) is 0.996. The van der Waals surface area contributed by atoms with Crippen LogP contribution in [0.4, 0.5) is 5.69 Å². The fraction of sp³-hybridized carbons (Fsp3) is 0.400. The summed E-state index contributed by atoms with van der Waals surface area (Å²) < 4.78 is 5.52. The van der Waals surface area contributed by atoms with Crippen LogP contribution in [0.2, 0.25) is 0 Å². The van der Waals surface area contributed by atoms with Crippen molar-refractivity contribution in [3.05, 3.63) is 18.2 Å². The maximum Gasteiger partial charge on any atom is 0.143 e. The molecule has 0 saturated carbocycles. The summed E-state index contributed by atoms with van der Waals surface area (Å²) >= 11 is 0. The molecule has 0 aromatic heterocycles. The van der Waals surface area contributed by atoms with E-state index in [4.69, 9.17) is 4.74 Å². The van der Waals surface area contributed by atoms with Gasteiger partial charge in [0.05, 0.1) is 11.8 Å². The smallest absolute Gasteiger partial charge is 0.143 e. The minimum absolute atomic E-state index is 0.136. The van der Waals surface area contributed by atoms with Crippen LogP contribution in [0.3, 0.4) is 0 Å². The number of rotatable bonds is 3. The summed E-state index contributed by atoms with van der Waals surface area (Å²) in [5.41, 5.74) is 0.800. The van der Waals surface area contributed by atoms with Gasteiger partial charge in [-0.15, -0.1) is 0 Å². The highest BCUT2D eigenvalue weighted by atomic mass is 16.5. The predicted octanol–water partition coefficient (Wildman–Crippen LogP) is 2.22. The normalized spacial score (nSPS) is 10.2. The van der Waals surface area contributed by atoms with Gasteiger partial charge in [-0.2, -0.15) is 0 Å². The molecule has 0 atom stereocenters. The Bertz CT molecular complexity index is 284. The van der Waals surface area contributed by atoms with Crippen molar-refractivity contribution < 1.29 is 9.84 Å². The molecular weight excluding hydrogens is 166 g/mol. The fourth-order valence-corrected chi connectivity index (χ4v) is 1.07. The Morgan fingerprint density at radius 3 is 2.62 bits per heavy atom. The Morgan fingerprint density at radius 1 is 1.38 bits per heavy atom. The van der Waals surface area contributed by atoms with Gasteiger partial charge in [-0.05, 0) is 26.0 Å². The van der Waals surface area contributed by atoms with Crippen molar-refractivity contribution in [3.63, 3.8) is 0 Å². The number of aromatic hydroxyl groups is 1. The Balaban J connectivity index is 2.92. The van der Waals surface area contributed by atoms with Crippen LogP contribution >= 0.6 is 0 Å². The van der Waals surface area contributed by atoms with Gasteiger partial charge in [-0.3, -0.25) is 0 Å². The lowest BCUT2D eigenvalue weighted by Crippen LogP contribution is -2.07. The number of hydrogen-bond donors (Lipinski definition) is 2. The fourth-order valence-electron chi connectivity index (χ4n) is 1.07. The van der Waals surface area contributed by atoms with Crippen LogP contribution in [-0.4, -0.2) is 18.3 Å². The molecule has 3 heteroatoms. The topological polar surface area (TPSA) is 41.5 Å². The second kappa shape index (κ2) is 4.03.